The normalized spacial score (nSPS) is 10.6. The fourth-order valence-corrected chi connectivity index (χ4v) is 1.53. The lowest BCUT2D eigenvalue weighted by Crippen LogP contribution is -2.05. The minimum Gasteiger partial charge on any atom is -0.381 e. The lowest BCUT2D eigenvalue weighted by molar-refractivity contribution is -0.385. The fraction of sp³-hybridized carbons (Fsp3) is 0.200. The van der Waals surface area contributed by atoms with E-state index in [9.17, 15) is 14.5 Å². The zero-order valence-corrected chi connectivity index (χ0v) is 9.50. The number of hydrogen-bond donors (Lipinski definition) is 1. The Morgan fingerprint density at radius 3 is 2.78 bits per heavy atom. The standard InChI is InChI=1S/C10H10FN5O2/c1-6-10(12)13-14-15(6)5-7-2-8(11)4-9(3-7)16(17)18/h2-4H,5,12H2,1H3. The maximum atomic E-state index is 13.2. The molecule has 2 N–H and O–H groups in total. The molecule has 0 unspecified atom stereocenters. The molecule has 0 aliphatic heterocycles. The average molecular weight is 251 g/mol. The maximum absolute atomic E-state index is 13.2. The number of aromatic nitrogens is 3. The van der Waals surface area contributed by atoms with Crippen molar-refractivity contribution in [2.24, 2.45) is 0 Å². The van der Waals surface area contributed by atoms with Gasteiger partial charge < -0.3 is 5.73 Å². The highest BCUT2D eigenvalue weighted by Gasteiger charge is 2.12. The van der Waals surface area contributed by atoms with Gasteiger partial charge >= 0.3 is 0 Å². The van der Waals surface area contributed by atoms with Crippen LogP contribution in [0.5, 0.6) is 0 Å². The van der Waals surface area contributed by atoms with E-state index in [4.69, 9.17) is 5.73 Å². The van der Waals surface area contributed by atoms with Crippen molar-refractivity contribution >= 4 is 11.5 Å². The molecule has 0 atom stereocenters. The van der Waals surface area contributed by atoms with Crippen molar-refractivity contribution in [2.45, 2.75) is 13.5 Å². The van der Waals surface area contributed by atoms with Crippen molar-refractivity contribution in [1.29, 1.82) is 0 Å². The summed E-state index contributed by atoms with van der Waals surface area (Å²) in [7, 11) is 0. The predicted octanol–water partition coefficient (Wildman–Crippen LogP) is 1.26. The van der Waals surface area contributed by atoms with Gasteiger partial charge in [-0.2, -0.15) is 0 Å². The van der Waals surface area contributed by atoms with Crippen LogP contribution in [0, 0.1) is 22.9 Å². The molecule has 1 aromatic heterocycles. The molecule has 2 rings (SSSR count). The van der Waals surface area contributed by atoms with E-state index in [2.05, 4.69) is 10.3 Å². The molecule has 0 spiro atoms. The number of nitro benzene ring substituents is 1. The Labute approximate surface area is 101 Å². The van der Waals surface area contributed by atoms with Crippen LogP contribution in [0.4, 0.5) is 15.9 Å². The van der Waals surface area contributed by atoms with Crippen LogP contribution in [0.25, 0.3) is 0 Å². The number of nitro groups is 1. The van der Waals surface area contributed by atoms with Crippen LogP contribution in [-0.2, 0) is 6.54 Å². The summed E-state index contributed by atoms with van der Waals surface area (Å²) in [6, 6.07) is 3.37. The maximum Gasteiger partial charge on any atom is 0.272 e. The van der Waals surface area contributed by atoms with Gasteiger partial charge in [0.15, 0.2) is 5.82 Å². The quantitative estimate of drug-likeness (QED) is 0.653. The zero-order valence-electron chi connectivity index (χ0n) is 9.50. The zero-order chi connectivity index (χ0) is 13.3. The summed E-state index contributed by atoms with van der Waals surface area (Å²) in [4.78, 5) is 9.97. The van der Waals surface area contributed by atoms with E-state index in [1.165, 1.54) is 16.8 Å². The summed E-state index contributed by atoms with van der Waals surface area (Å²) in [5.74, 6) is -0.383. The Balaban J connectivity index is 2.34. The lowest BCUT2D eigenvalue weighted by atomic mass is 10.2. The monoisotopic (exact) mass is 251 g/mol. The van der Waals surface area contributed by atoms with Gasteiger partial charge in [0.05, 0.1) is 23.2 Å². The predicted molar refractivity (Wildman–Crippen MR) is 61.3 cm³/mol. The molecule has 18 heavy (non-hydrogen) atoms. The van der Waals surface area contributed by atoms with Crippen LogP contribution in [0.3, 0.4) is 0 Å². The number of halogens is 1. The molecular formula is C10H10FN5O2. The van der Waals surface area contributed by atoms with E-state index in [0.29, 0.717) is 11.3 Å². The number of nitrogens with zero attached hydrogens (tertiary/aromatic N) is 4. The minimum atomic E-state index is -0.662. The first-order valence-corrected chi connectivity index (χ1v) is 5.07. The van der Waals surface area contributed by atoms with Crippen molar-refractivity contribution in [2.75, 3.05) is 5.73 Å². The molecule has 8 heteroatoms. The highest BCUT2D eigenvalue weighted by atomic mass is 19.1. The number of hydrogen-bond acceptors (Lipinski definition) is 5. The van der Waals surface area contributed by atoms with E-state index in [0.717, 1.165) is 6.07 Å². The van der Waals surface area contributed by atoms with Crippen LogP contribution in [0.2, 0.25) is 0 Å². The molecule has 94 valence electrons. The number of non-ortho nitro benzene ring substituents is 1. The van der Waals surface area contributed by atoms with Crippen LogP contribution < -0.4 is 5.73 Å². The van der Waals surface area contributed by atoms with Gasteiger partial charge in [-0.25, -0.2) is 9.07 Å². The van der Waals surface area contributed by atoms with Gasteiger partial charge in [0, 0.05) is 6.07 Å². The first kappa shape index (κ1) is 12.0. The van der Waals surface area contributed by atoms with E-state index in [1.54, 1.807) is 6.92 Å². The molecule has 0 aliphatic rings. The van der Waals surface area contributed by atoms with Gasteiger partial charge in [-0.3, -0.25) is 10.1 Å². The highest BCUT2D eigenvalue weighted by molar-refractivity contribution is 5.36. The van der Waals surface area contributed by atoms with E-state index < -0.39 is 10.7 Å². The van der Waals surface area contributed by atoms with Gasteiger partial charge in [0.1, 0.15) is 5.82 Å². The number of nitrogens with two attached hydrogens (primary N) is 1. The third-order valence-electron chi connectivity index (χ3n) is 2.50. The molecule has 0 amide bonds. The Morgan fingerprint density at radius 2 is 2.22 bits per heavy atom. The first-order chi connectivity index (χ1) is 8.47. The van der Waals surface area contributed by atoms with E-state index in [1.807, 2.05) is 0 Å². The summed E-state index contributed by atoms with van der Waals surface area (Å²) in [6.45, 7) is 1.89. The molecular weight excluding hydrogens is 241 g/mol. The molecule has 0 saturated heterocycles. The highest BCUT2D eigenvalue weighted by Crippen LogP contribution is 2.17. The number of benzene rings is 1. The topological polar surface area (TPSA) is 99.9 Å². The van der Waals surface area contributed by atoms with Crippen LogP contribution in [-0.4, -0.2) is 19.9 Å². The number of rotatable bonds is 3. The third-order valence-corrected chi connectivity index (χ3v) is 2.50. The van der Waals surface area contributed by atoms with Crippen LogP contribution in [0.1, 0.15) is 11.3 Å². The van der Waals surface area contributed by atoms with E-state index in [-0.39, 0.29) is 18.1 Å². The van der Waals surface area contributed by atoms with Crippen LogP contribution >= 0.6 is 0 Å². The molecule has 0 aliphatic carbocycles. The summed E-state index contributed by atoms with van der Waals surface area (Å²) < 4.78 is 14.7. The van der Waals surface area contributed by atoms with Crippen molar-refractivity contribution in [3.05, 3.63) is 45.4 Å². The summed E-state index contributed by atoms with van der Waals surface area (Å²) in [5, 5.41) is 18.0. The molecule has 1 aromatic carbocycles. The minimum absolute atomic E-state index is 0.175. The number of nitrogen functional groups attached to an aromatic ring is 1. The first-order valence-electron chi connectivity index (χ1n) is 5.07. The van der Waals surface area contributed by atoms with Crippen molar-refractivity contribution in [1.82, 2.24) is 15.0 Å². The molecule has 0 saturated carbocycles. The smallest absolute Gasteiger partial charge is 0.272 e. The van der Waals surface area contributed by atoms with Gasteiger partial charge in [-0.1, -0.05) is 5.21 Å². The largest absolute Gasteiger partial charge is 0.381 e. The Bertz CT molecular complexity index is 610. The Morgan fingerprint density at radius 1 is 1.50 bits per heavy atom. The fourth-order valence-electron chi connectivity index (χ4n) is 1.53. The van der Waals surface area contributed by atoms with Crippen molar-refractivity contribution in [3.63, 3.8) is 0 Å². The Kier molecular flexibility index (Phi) is 2.92. The molecule has 1 heterocycles. The molecule has 0 bridgehead atoms. The SMILES string of the molecule is Cc1c(N)nnn1Cc1cc(F)cc([N+](=O)[O-])c1. The van der Waals surface area contributed by atoms with Crippen LogP contribution in [0.15, 0.2) is 18.2 Å². The number of anilines is 1. The summed E-state index contributed by atoms with van der Waals surface area (Å²) >= 11 is 0. The second-order valence-corrected chi connectivity index (χ2v) is 3.79. The second-order valence-electron chi connectivity index (χ2n) is 3.79. The molecule has 0 fully saturated rings. The van der Waals surface area contributed by atoms with Gasteiger partial charge in [-0.15, -0.1) is 5.10 Å². The molecule has 0 radical (unpaired) electrons. The molecule has 7 nitrogen and oxygen atoms in total. The molecule has 2 aromatic rings. The Hall–Kier alpha value is -2.51. The summed E-state index contributed by atoms with van der Waals surface area (Å²) in [6.07, 6.45) is 0. The second kappa shape index (κ2) is 4.40. The van der Waals surface area contributed by atoms with Crippen molar-refractivity contribution in [3.8, 4) is 0 Å². The van der Waals surface area contributed by atoms with Gasteiger partial charge in [-0.05, 0) is 18.6 Å². The van der Waals surface area contributed by atoms with Gasteiger partial charge in [0.25, 0.3) is 5.69 Å². The third kappa shape index (κ3) is 2.26. The average Bonchev–Trinajstić information content (AvgIpc) is 2.60. The van der Waals surface area contributed by atoms with E-state index >= 15 is 0 Å². The van der Waals surface area contributed by atoms with Crippen molar-refractivity contribution < 1.29 is 9.31 Å². The lowest BCUT2D eigenvalue weighted by Gasteiger charge is -2.04. The summed E-state index contributed by atoms with van der Waals surface area (Å²) in [5.41, 5.74) is 6.28. The van der Waals surface area contributed by atoms with Gasteiger partial charge in [0.2, 0.25) is 0 Å².